The van der Waals surface area contributed by atoms with E-state index in [1.54, 1.807) is 19.1 Å². The van der Waals surface area contributed by atoms with Gasteiger partial charge in [-0.15, -0.1) is 0 Å². The van der Waals surface area contributed by atoms with Crippen LogP contribution in [0.25, 0.3) is 10.9 Å². The molecular formula is C22H23NO4. The summed E-state index contributed by atoms with van der Waals surface area (Å²) in [6.07, 6.45) is 0. The SMILES string of the molecule is CCOC(=O)c1c(C)n(Cc2ccc(C)cc2)c2ccc(OC(C)=O)cc12. The minimum Gasteiger partial charge on any atom is -0.462 e. The number of rotatable bonds is 5. The molecule has 0 aliphatic rings. The van der Waals surface area contributed by atoms with Crippen molar-refractivity contribution in [2.75, 3.05) is 6.61 Å². The Bertz CT molecular complexity index is 999. The molecule has 0 atom stereocenters. The number of aromatic nitrogens is 1. The summed E-state index contributed by atoms with van der Waals surface area (Å²) in [5.41, 5.74) is 4.56. The van der Waals surface area contributed by atoms with E-state index < -0.39 is 5.97 Å². The molecule has 5 nitrogen and oxygen atoms in total. The fourth-order valence-corrected chi connectivity index (χ4v) is 3.23. The Hall–Kier alpha value is -3.08. The number of aryl methyl sites for hydroxylation is 1. The number of benzene rings is 2. The number of fused-ring (bicyclic) bond motifs is 1. The van der Waals surface area contributed by atoms with Gasteiger partial charge >= 0.3 is 11.9 Å². The Kier molecular flexibility index (Phi) is 5.31. The molecule has 0 spiro atoms. The van der Waals surface area contributed by atoms with Crippen molar-refractivity contribution in [3.63, 3.8) is 0 Å². The zero-order valence-electron chi connectivity index (χ0n) is 16.0. The van der Waals surface area contributed by atoms with Gasteiger partial charge < -0.3 is 14.0 Å². The Morgan fingerprint density at radius 3 is 2.37 bits per heavy atom. The van der Waals surface area contributed by atoms with Crippen LogP contribution >= 0.6 is 0 Å². The smallest absolute Gasteiger partial charge is 0.340 e. The van der Waals surface area contributed by atoms with Gasteiger partial charge in [0.15, 0.2) is 0 Å². The minimum absolute atomic E-state index is 0.298. The predicted molar refractivity (Wildman–Crippen MR) is 104 cm³/mol. The lowest BCUT2D eigenvalue weighted by molar-refractivity contribution is -0.131. The van der Waals surface area contributed by atoms with Crippen molar-refractivity contribution in [2.45, 2.75) is 34.2 Å². The van der Waals surface area contributed by atoms with Crippen molar-refractivity contribution in [3.8, 4) is 5.75 Å². The number of carbonyl (C=O) groups is 2. The Balaban J connectivity index is 2.14. The lowest BCUT2D eigenvalue weighted by atomic mass is 10.1. The second-order valence-electron chi connectivity index (χ2n) is 6.53. The maximum absolute atomic E-state index is 12.6. The van der Waals surface area contributed by atoms with Gasteiger partial charge in [-0.2, -0.15) is 0 Å². The first kappa shape index (κ1) is 18.7. The van der Waals surface area contributed by atoms with Crippen molar-refractivity contribution in [3.05, 3.63) is 64.8 Å². The second-order valence-corrected chi connectivity index (χ2v) is 6.53. The van der Waals surface area contributed by atoms with Crippen LogP contribution in [-0.2, 0) is 16.1 Å². The number of ether oxygens (including phenoxy) is 2. The van der Waals surface area contributed by atoms with Crippen LogP contribution in [0.3, 0.4) is 0 Å². The molecule has 140 valence electrons. The van der Waals surface area contributed by atoms with E-state index in [2.05, 4.69) is 35.8 Å². The quantitative estimate of drug-likeness (QED) is 0.496. The van der Waals surface area contributed by atoms with Crippen molar-refractivity contribution in [1.29, 1.82) is 0 Å². The van der Waals surface area contributed by atoms with Crippen LogP contribution in [0.5, 0.6) is 5.75 Å². The molecule has 1 aromatic heterocycles. The minimum atomic E-state index is -0.400. The Morgan fingerprint density at radius 2 is 1.74 bits per heavy atom. The van der Waals surface area contributed by atoms with E-state index in [0.29, 0.717) is 24.5 Å². The van der Waals surface area contributed by atoms with Crippen LogP contribution in [0.15, 0.2) is 42.5 Å². The molecule has 0 unspecified atom stereocenters. The summed E-state index contributed by atoms with van der Waals surface area (Å²) in [5.74, 6) is -0.362. The lowest BCUT2D eigenvalue weighted by Gasteiger charge is -2.09. The first-order chi connectivity index (χ1) is 12.9. The number of hydrogen-bond donors (Lipinski definition) is 0. The van der Waals surface area contributed by atoms with E-state index in [-0.39, 0.29) is 5.97 Å². The average molecular weight is 365 g/mol. The number of hydrogen-bond acceptors (Lipinski definition) is 4. The summed E-state index contributed by atoms with van der Waals surface area (Å²) in [6, 6.07) is 13.6. The van der Waals surface area contributed by atoms with Gasteiger partial charge in [0.05, 0.1) is 12.2 Å². The Morgan fingerprint density at radius 1 is 1.04 bits per heavy atom. The van der Waals surface area contributed by atoms with Gasteiger partial charge in [-0.25, -0.2) is 4.79 Å². The molecule has 1 heterocycles. The molecule has 0 radical (unpaired) electrons. The van der Waals surface area contributed by atoms with Gasteiger partial charge in [-0.05, 0) is 44.5 Å². The summed E-state index contributed by atoms with van der Waals surface area (Å²) in [5, 5.41) is 0.719. The maximum atomic E-state index is 12.6. The van der Waals surface area contributed by atoms with Crippen LogP contribution in [0, 0.1) is 13.8 Å². The molecule has 0 saturated carbocycles. The third kappa shape index (κ3) is 3.87. The first-order valence-corrected chi connectivity index (χ1v) is 8.94. The van der Waals surface area contributed by atoms with Crippen molar-refractivity contribution in [2.24, 2.45) is 0 Å². The molecule has 27 heavy (non-hydrogen) atoms. The van der Waals surface area contributed by atoms with E-state index in [0.717, 1.165) is 22.2 Å². The molecule has 3 aromatic rings. The summed E-state index contributed by atoms with van der Waals surface area (Å²) in [6.45, 7) is 8.02. The van der Waals surface area contributed by atoms with Gasteiger partial charge in [0.25, 0.3) is 0 Å². The maximum Gasteiger partial charge on any atom is 0.340 e. The third-order valence-electron chi connectivity index (χ3n) is 4.50. The summed E-state index contributed by atoms with van der Waals surface area (Å²) in [7, 11) is 0. The van der Waals surface area contributed by atoms with E-state index in [9.17, 15) is 9.59 Å². The standard InChI is InChI=1S/C22H23NO4/c1-5-26-22(25)21-15(3)23(13-17-8-6-14(2)7-9-17)20-11-10-18(12-19(20)21)27-16(4)24/h6-12H,5,13H2,1-4H3. The van der Waals surface area contributed by atoms with Crippen LogP contribution in [0.2, 0.25) is 0 Å². The fourth-order valence-electron chi connectivity index (χ4n) is 3.23. The first-order valence-electron chi connectivity index (χ1n) is 8.94. The van der Waals surface area contributed by atoms with E-state index >= 15 is 0 Å². The molecule has 0 fully saturated rings. The highest BCUT2D eigenvalue weighted by Gasteiger charge is 2.22. The molecule has 3 rings (SSSR count). The zero-order chi connectivity index (χ0) is 19.6. The highest BCUT2D eigenvalue weighted by molar-refractivity contribution is 6.06. The molecule has 0 aliphatic heterocycles. The van der Waals surface area contributed by atoms with Gasteiger partial charge in [-0.1, -0.05) is 29.8 Å². The van der Waals surface area contributed by atoms with Crippen LogP contribution in [-0.4, -0.2) is 23.1 Å². The zero-order valence-corrected chi connectivity index (χ0v) is 16.0. The van der Waals surface area contributed by atoms with Gasteiger partial charge in [0, 0.05) is 30.1 Å². The number of nitrogens with zero attached hydrogens (tertiary/aromatic N) is 1. The van der Waals surface area contributed by atoms with Gasteiger partial charge in [-0.3, -0.25) is 4.79 Å². The molecular weight excluding hydrogens is 342 g/mol. The molecule has 5 heteroatoms. The van der Waals surface area contributed by atoms with Crippen molar-refractivity contribution < 1.29 is 19.1 Å². The van der Waals surface area contributed by atoms with Crippen molar-refractivity contribution in [1.82, 2.24) is 4.57 Å². The number of esters is 2. The second kappa shape index (κ2) is 7.66. The number of carbonyl (C=O) groups excluding carboxylic acids is 2. The van der Waals surface area contributed by atoms with Crippen LogP contribution in [0.1, 0.15) is 41.0 Å². The Labute approximate surface area is 158 Å². The molecule has 0 saturated heterocycles. The van der Waals surface area contributed by atoms with Crippen LogP contribution in [0.4, 0.5) is 0 Å². The van der Waals surface area contributed by atoms with Gasteiger partial charge in [0.2, 0.25) is 0 Å². The highest BCUT2D eigenvalue weighted by Crippen LogP contribution is 2.31. The fraction of sp³-hybridized carbons (Fsp3) is 0.273. The monoisotopic (exact) mass is 365 g/mol. The summed E-state index contributed by atoms with van der Waals surface area (Å²) < 4.78 is 12.5. The van der Waals surface area contributed by atoms with Gasteiger partial charge in [0.1, 0.15) is 5.75 Å². The molecule has 0 N–H and O–H groups in total. The van der Waals surface area contributed by atoms with E-state index in [4.69, 9.17) is 9.47 Å². The highest BCUT2D eigenvalue weighted by atomic mass is 16.5. The van der Waals surface area contributed by atoms with Crippen LogP contribution < -0.4 is 4.74 Å². The topological polar surface area (TPSA) is 57.5 Å². The molecule has 0 aliphatic carbocycles. The lowest BCUT2D eigenvalue weighted by Crippen LogP contribution is -2.08. The van der Waals surface area contributed by atoms with Crippen molar-refractivity contribution >= 4 is 22.8 Å². The third-order valence-corrected chi connectivity index (χ3v) is 4.50. The largest absolute Gasteiger partial charge is 0.462 e. The molecule has 0 amide bonds. The molecule has 2 aromatic carbocycles. The summed E-state index contributed by atoms with van der Waals surface area (Å²) >= 11 is 0. The van der Waals surface area contributed by atoms with E-state index in [1.165, 1.54) is 12.5 Å². The molecule has 0 bridgehead atoms. The van der Waals surface area contributed by atoms with E-state index in [1.807, 2.05) is 13.0 Å². The normalized spacial score (nSPS) is 10.8. The predicted octanol–water partition coefficient (Wildman–Crippen LogP) is 4.41. The average Bonchev–Trinajstić information content (AvgIpc) is 2.88. The summed E-state index contributed by atoms with van der Waals surface area (Å²) in [4.78, 5) is 23.9.